The standard InChI is InChI=1S/C21H15N3O6S/c25-24(26)16-8-6-15(7-9-16)21-22-20(30-23-21)14-29-17-10-12-19(13-11-17)31(27,28)18-4-2-1-3-5-18/h1-13H,14H2. The van der Waals surface area contributed by atoms with Crippen molar-refractivity contribution < 1.29 is 22.6 Å². The molecule has 0 N–H and O–H groups in total. The van der Waals surface area contributed by atoms with E-state index >= 15 is 0 Å². The number of nitro groups is 1. The smallest absolute Gasteiger partial charge is 0.269 e. The third-order valence-corrected chi connectivity index (χ3v) is 6.14. The van der Waals surface area contributed by atoms with Gasteiger partial charge < -0.3 is 9.26 Å². The first-order chi connectivity index (χ1) is 14.9. The maximum Gasteiger partial charge on any atom is 0.269 e. The number of nitrogens with zero attached hydrogens (tertiary/aromatic N) is 3. The molecular weight excluding hydrogens is 422 g/mol. The Kier molecular flexibility index (Phi) is 5.46. The second-order valence-corrected chi connectivity index (χ2v) is 8.34. The lowest BCUT2D eigenvalue weighted by molar-refractivity contribution is -0.384. The topological polar surface area (TPSA) is 125 Å². The maximum atomic E-state index is 12.6. The fourth-order valence-electron chi connectivity index (χ4n) is 2.76. The highest BCUT2D eigenvalue weighted by Gasteiger charge is 2.17. The summed E-state index contributed by atoms with van der Waals surface area (Å²) < 4.78 is 35.9. The summed E-state index contributed by atoms with van der Waals surface area (Å²) in [5.41, 5.74) is 0.532. The number of benzene rings is 3. The van der Waals surface area contributed by atoms with Gasteiger partial charge in [-0.15, -0.1) is 0 Å². The molecular formula is C21H15N3O6S. The van der Waals surface area contributed by atoms with Crippen molar-refractivity contribution in [3.8, 4) is 17.1 Å². The molecule has 1 aromatic heterocycles. The lowest BCUT2D eigenvalue weighted by Crippen LogP contribution is -2.02. The van der Waals surface area contributed by atoms with Crippen LogP contribution in [0.15, 0.2) is 93.2 Å². The van der Waals surface area contributed by atoms with Gasteiger partial charge in [0.1, 0.15) is 5.75 Å². The van der Waals surface area contributed by atoms with Crippen molar-refractivity contribution in [2.75, 3.05) is 0 Å². The molecule has 9 nitrogen and oxygen atoms in total. The van der Waals surface area contributed by atoms with Gasteiger partial charge >= 0.3 is 0 Å². The predicted octanol–water partition coefficient (Wildman–Crippen LogP) is 4.06. The van der Waals surface area contributed by atoms with Crippen molar-refractivity contribution in [3.63, 3.8) is 0 Å². The first-order valence-electron chi connectivity index (χ1n) is 9.04. The van der Waals surface area contributed by atoms with Crippen molar-refractivity contribution in [1.82, 2.24) is 10.1 Å². The number of nitro benzene ring substituents is 1. The molecule has 0 amide bonds. The molecule has 0 aliphatic heterocycles. The predicted molar refractivity (Wildman–Crippen MR) is 109 cm³/mol. The van der Waals surface area contributed by atoms with Crippen LogP contribution >= 0.6 is 0 Å². The summed E-state index contributed by atoms with van der Waals surface area (Å²) in [5, 5.41) is 14.6. The largest absolute Gasteiger partial charge is 0.484 e. The number of non-ortho nitro benzene ring substituents is 1. The van der Waals surface area contributed by atoms with E-state index in [9.17, 15) is 18.5 Å². The van der Waals surface area contributed by atoms with E-state index in [4.69, 9.17) is 9.26 Å². The van der Waals surface area contributed by atoms with Crippen LogP contribution in [0.2, 0.25) is 0 Å². The molecule has 156 valence electrons. The molecule has 0 unspecified atom stereocenters. The van der Waals surface area contributed by atoms with Crippen molar-refractivity contribution in [1.29, 1.82) is 0 Å². The van der Waals surface area contributed by atoms with E-state index in [0.717, 1.165) is 0 Å². The quantitative estimate of drug-likeness (QED) is 0.313. The molecule has 10 heteroatoms. The molecule has 0 spiro atoms. The average molecular weight is 437 g/mol. The summed E-state index contributed by atoms with van der Waals surface area (Å²) in [6, 6.07) is 19.9. The lowest BCUT2D eigenvalue weighted by atomic mass is 10.2. The van der Waals surface area contributed by atoms with Gasteiger partial charge in [-0.25, -0.2) is 8.42 Å². The molecule has 31 heavy (non-hydrogen) atoms. The number of ether oxygens (including phenoxy) is 1. The van der Waals surface area contributed by atoms with Crippen LogP contribution in [0.3, 0.4) is 0 Å². The fraction of sp³-hybridized carbons (Fsp3) is 0.0476. The van der Waals surface area contributed by atoms with Crippen LogP contribution in [-0.2, 0) is 16.4 Å². The molecule has 0 radical (unpaired) electrons. The van der Waals surface area contributed by atoms with Gasteiger partial charge in [-0.1, -0.05) is 23.4 Å². The SMILES string of the molecule is O=[N+]([O-])c1ccc(-c2noc(COc3ccc(S(=O)(=O)c4ccccc4)cc3)n2)cc1. The summed E-state index contributed by atoms with van der Waals surface area (Å²) >= 11 is 0. The van der Waals surface area contributed by atoms with Crippen molar-refractivity contribution >= 4 is 15.5 Å². The van der Waals surface area contributed by atoms with Gasteiger partial charge in [0.15, 0.2) is 6.61 Å². The van der Waals surface area contributed by atoms with Gasteiger partial charge in [0, 0.05) is 17.7 Å². The Bertz CT molecular complexity index is 1300. The van der Waals surface area contributed by atoms with Gasteiger partial charge in [0.2, 0.25) is 15.7 Å². The Labute approximate surface area is 177 Å². The van der Waals surface area contributed by atoms with E-state index < -0.39 is 14.8 Å². The zero-order valence-electron chi connectivity index (χ0n) is 15.9. The van der Waals surface area contributed by atoms with Crippen LogP contribution in [0.1, 0.15) is 5.89 Å². The van der Waals surface area contributed by atoms with Gasteiger partial charge in [-0.2, -0.15) is 4.98 Å². The summed E-state index contributed by atoms with van der Waals surface area (Å²) in [7, 11) is -3.60. The van der Waals surface area contributed by atoms with Crippen LogP contribution < -0.4 is 4.74 Å². The zero-order valence-corrected chi connectivity index (χ0v) is 16.7. The summed E-state index contributed by atoms with van der Waals surface area (Å²) in [4.78, 5) is 14.8. The molecule has 0 fully saturated rings. The minimum absolute atomic E-state index is 0.0231. The average Bonchev–Trinajstić information content (AvgIpc) is 3.28. The molecule has 0 aliphatic rings. The summed E-state index contributed by atoms with van der Waals surface area (Å²) in [6.07, 6.45) is 0. The van der Waals surface area contributed by atoms with Gasteiger partial charge in [0.05, 0.1) is 14.7 Å². The van der Waals surface area contributed by atoms with Gasteiger partial charge in [-0.3, -0.25) is 10.1 Å². The first kappa shape index (κ1) is 20.2. The number of sulfone groups is 1. The molecule has 3 aromatic carbocycles. The van der Waals surface area contributed by atoms with E-state index in [2.05, 4.69) is 10.1 Å². The minimum Gasteiger partial charge on any atom is -0.484 e. The monoisotopic (exact) mass is 437 g/mol. The third-order valence-electron chi connectivity index (χ3n) is 4.35. The molecule has 0 aliphatic carbocycles. The van der Waals surface area contributed by atoms with Crippen molar-refractivity contribution in [3.05, 3.63) is 94.9 Å². The van der Waals surface area contributed by atoms with Gasteiger partial charge in [0.25, 0.3) is 11.6 Å². The van der Waals surface area contributed by atoms with E-state index in [1.54, 1.807) is 30.3 Å². The Morgan fingerprint density at radius 1 is 0.903 bits per heavy atom. The highest BCUT2D eigenvalue weighted by Crippen LogP contribution is 2.24. The molecule has 1 heterocycles. The molecule has 4 rings (SSSR count). The van der Waals surface area contributed by atoms with E-state index in [0.29, 0.717) is 11.3 Å². The Balaban J connectivity index is 1.42. The summed E-state index contributed by atoms with van der Waals surface area (Å²) in [5.74, 6) is 0.911. The molecule has 0 saturated heterocycles. The fourth-order valence-corrected chi connectivity index (χ4v) is 4.04. The zero-order chi connectivity index (χ0) is 21.8. The minimum atomic E-state index is -3.60. The molecule has 0 bridgehead atoms. The number of hydrogen-bond acceptors (Lipinski definition) is 8. The second kappa shape index (κ2) is 8.36. The second-order valence-electron chi connectivity index (χ2n) is 6.39. The number of hydrogen-bond donors (Lipinski definition) is 0. The molecule has 4 aromatic rings. The van der Waals surface area contributed by atoms with Crippen molar-refractivity contribution in [2.45, 2.75) is 16.4 Å². The Morgan fingerprint density at radius 2 is 1.55 bits per heavy atom. The Morgan fingerprint density at radius 3 is 2.19 bits per heavy atom. The van der Waals surface area contributed by atoms with Crippen LogP contribution in [0.4, 0.5) is 5.69 Å². The normalized spacial score (nSPS) is 11.2. The number of rotatable bonds is 7. The van der Waals surface area contributed by atoms with E-state index in [-0.39, 0.29) is 33.8 Å². The van der Waals surface area contributed by atoms with Crippen LogP contribution in [0, 0.1) is 10.1 Å². The van der Waals surface area contributed by atoms with Crippen LogP contribution in [-0.4, -0.2) is 23.5 Å². The third kappa shape index (κ3) is 4.43. The maximum absolute atomic E-state index is 12.6. The summed E-state index contributed by atoms with van der Waals surface area (Å²) in [6.45, 7) is -0.0231. The first-order valence-corrected chi connectivity index (χ1v) is 10.5. The molecule has 0 saturated carbocycles. The lowest BCUT2D eigenvalue weighted by Gasteiger charge is -2.06. The van der Waals surface area contributed by atoms with Crippen LogP contribution in [0.25, 0.3) is 11.4 Å². The van der Waals surface area contributed by atoms with Crippen LogP contribution in [0.5, 0.6) is 5.75 Å². The highest BCUT2D eigenvalue weighted by atomic mass is 32.2. The van der Waals surface area contributed by atoms with Crippen molar-refractivity contribution in [2.24, 2.45) is 0 Å². The van der Waals surface area contributed by atoms with E-state index in [1.165, 1.54) is 48.5 Å². The Hall–Kier alpha value is -4.05. The number of aromatic nitrogens is 2. The highest BCUT2D eigenvalue weighted by molar-refractivity contribution is 7.91. The molecule has 0 atom stereocenters. The van der Waals surface area contributed by atoms with Gasteiger partial charge in [-0.05, 0) is 48.5 Å². The van der Waals surface area contributed by atoms with E-state index in [1.807, 2.05) is 0 Å².